The number of nitrogens with one attached hydrogen (secondary N) is 1. The Morgan fingerprint density at radius 2 is 1.59 bits per heavy atom. The topological polar surface area (TPSA) is 60.5 Å². The molecule has 0 saturated carbocycles. The summed E-state index contributed by atoms with van der Waals surface area (Å²) < 4.78 is 11.0. The van der Waals surface area contributed by atoms with Gasteiger partial charge in [0.2, 0.25) is 11.8 Å². The third-order valence-corrected chi connectivity index (χ3v) is 4.08. The summed E-state index contributed by atoms with van der Waals surface area (Å²) in [6.07, 6.45) is 1.39. The van der Waals surface area contributed by atoms with Gasteiger partial charge in [-0.3, -0.25) is 4.79 Å². The van der Waals surface area contributed by atoms with E-state index in [4.69, 9.17) is 9.47 Å². The molecular formula is C22H22N2O3. The van der Waals surface area contributed by atoms with E-state index in [9.17, 15) is 4.79 Å². The molecule has 5 heteroatoms. The van der Waals surface area contributed by atoms with E-state index in [2.05, 4.69) is 10.3 Å². The first-order valence-corrected chi connectivity index (χ1v) is 8.73. The summed E-state index contributed by atoms with van der Waals surface area (Å²) in [6.45, 7) is 0.360. The summed E-state index contributed by atoms with van der Waals surface area (Å²) in [6, 6.07) is 23.4. The van der Waals surface area contributed by atoms with Gasteiger partial charge in [0.05, 0.1) is 7.11 Å². The second-order valence-electron chi connectivity index (χ2n) is 6.00. The van der Waals surface area contributed by atoms with Crippen molar-refractivity contribution in [1.82, 2.24) is 10.3 Å². The third-order valence-electron chi connectivity index (χ3n) is 4.08. The molecule has 2 aromatic carbocycles. The molecular weight excluding hydrogens is 340 g/mol. The minimum absolute atomic E-state index is 0.0297. The number of hydrogen-bond donors (Lipinski definition) is 1. The Hall–Kier alpha value is -3.18. The maximum atomic E-state index is 12.2. The molecule has 27 heavy (non-hydrogen) atoms. The molecule has 0 aliphatic carbocycles. The maximum Gasteiger partial charge on any atom is 0.246 e. The number of pyridine rings is 1. The van der Waals surface area contributed by atoms with Crippen LogP contribution in [0.2, 0.25) is 0 Å². The number of rotatable bonds is 8. The zero-order valence-electron chi connectivity index (χ0n) is 15.2. The Labute approximate surface area is 159 Å². The summed E-state index contributed by atoms with van der Waals surface area (Å²) >= 11 is 0. The molecule has 0 saturated heterocycles. The molecule has 0 aliphatic rings. The summed E-state index contributed by atoms with van der Waals surface area (Å²) in [5.41, 5.74) is 2.92. The smallest absolute Gasteiger partial charge is 0.246 e. The molecule has 3 aromatic rings. The van der Waals surface area contributed by atoms with Gasteiger partial charge in [-0.2, -0.15) is 0 Å². The Morgan fingerprint density at radius 3 is 2.11 bits per heavy atom. The second-order valence-corrected chi connectivity index (χ2v) is 6.00. The lowest BCUT2D eigenvalue weighted by Crippen LogP contribution is -2.28. The fraction of sp³-hybridized carbons (Fsp3) is 0.182. The van der Waals surface area contributed by atoms with Gasteiger partial charge in [0, 0.05) is 18.8 Å². The van der Waals surface area contributed by atoms with Crippen LogP contribution in [-0.4, -0.2) is 24.6 Å². The van der Waals surface area contributed by atoms with E-state index >= 15 is 0 Å². The molecule has 1 heterocycles. The highest BCUT2D eigenvalue weighted by molar-refractivity contribution is 5.77. The van der Waals surface area contributed by atoms with E-state index in [0.29, 0.717) is 12.4 Å². The van der Waals surface area contributed by atoms with Gasteiger partial charge >= 0.3 is 0 Å². The predicted octanol–water partition coefficient (Wildman–Crippen LogP) is 3.51. The molecule has 0 unspecified atom stereocenters. The van der Waals surface area contributed by atoms with Gasteiger partial charge in [-0.05, 0) is 16.7 Å². The Bertz CT molecular complexity index is 797. The van der Waals surface area contributed by atoms with E-state index in [1.54, 1.807) is 19.4 Å². The van der Waals surface area contributed by atoms with Crippen LogP contribution in [0, 0.1) is 0 Å². The first-order valence-electron chi connectivity index (χ1n) is 8.73. The molecule has 1 amide bonds. The van der Waals surface area contributed by atoms with Crippen LogP contribution in [0.25, 0.3) is 0 Å². The van der Waals surface area contributed by atoms with Gasteiger partial charge in [0.15, 0.2) is 0 Å². The van der Waals surface area contributed by atoms with Gasteiger partial charge in [-0.15, -0.1) is 0 Å². The summed E-state index contributed by atoms with van der Waals surface area (Å²) in [4.78, 5) is 16.3. The highest BCUT2D eigenvalue weighted by Crippen LogP contribution is 2.25. The zero-order chi connectivity index (χ0) is 18.9. The second kappa shape index (κ2) is 9.50. The minimum Gasteiger partial charge on any atom is -0.481 e. The van der Waals surface area contributed by atoms with Crippen LogP contribution in [0.4, 0.5) is 0 Å². The summed E-state index contributed by atoms with van der Waals surface area (Å²) in [7, 11) is 1.57. The van der Waals surface area contributed by atoms with E-state index in [0.717, 1.165) is 16.7 Å². The maximum absolute atomic E-state index is 12.2. The molecule has 3 rings (SSSR count). The number of carbonyl (C=O) groups excluding carboxylic acids is 1. The van der Waals surface area contributed by atoms with Crippen molar-refractivity contribution in [2.75, 3.05) is 13.7 Å². The fourth-order valence-corrected chi connectivity index (χ4v) is 2.69. The lowest BCUT2D eigenvalue weighted by atomic mass is 10.0. The number of methoxy groups -OCH3 is 1. The molecule has 1 aromatic heterocycles. The molecule has 0 radical (unpaired) electrons. The van der Waals surface area contributed by atoms with Crippen LogP contribution in [0.3, 0.4) is 0 Å². The number of aromatic nitrogens is 1. The number of carbonyl (C=O) groups is 1. The highest BCUT2D eigenvalue weighted by atomic mass is 16.5. The fourth-order valence-electron chi connectivity index (χ4n) is 2.69. The first-order chi connectivity index (χ1) is 13.3. The van der Waals surface area contributed by atoms with Crippen molar-refractivity contribution in [1.29, 1.82) is 0 Å². The van der Waals surface area contributed by atoms with Crippen molar-refractivity contribution in [3.63, 3.8) is 0 Å². The monoisotopic (exact) mass is 362 g/mol. The van der Waals surface area contributed by atoms with Crippen molar-refractivity contribution in [3.8, 4) is 5.88 Å². The standard InChI is InChI=1S/C22H22N2O3/c1-26-21-13-12-17(15-24-21)14-23-20(25)16-27-22(18-8-4-2-5-9-18)19-10-6-3-7-11-19/h2-13,15,22H,14,16H2,1H3,(H,23,25). The van der Waals surface area contributed by atoms with E-state index in [1.807, 2.05) is 66.7 Å². The number of hydrogen-bond acceptors (Lipinski definition) is 4. The van der Waals surface area contributed by atoms with Crippen molar-refractivity contribution >= 4 is 5.91 Å². The van der Waals surface area contributed by atoms with Crippen molar-refractivity contribution < 1.29 is 14.3 Å². The SMILES string of the molecule is COc1ccc(CNC(=O)COC(c2ccccc2)c2ccccc2)cn1. The van der Waals surface area contributed by atoms with E-state index < -0.39 is 0 Å². The van der Waals surface area contributed by atoms with Gasteiger partial charge < -0.3 is 14.8 Å². The van der Waals surface area contributed by atoms with Gasteiger partial charge in [-0.25, -0.2) is 4.98 Å². The molecule has 0 aliphatic heterocycles. The van der Waals surface area contributed by atoms with Crippen LogP contribution < -0.4 is 10.1 Å². The van der Waals surface area contributed by atoms with Crippen LogP contribution in [0.15, 0.2) is 79.0 Å². The van der Waals surface area contributed by atoms with Gasteiger partial charge in [0.1, 0.15) is 12.7 Å². The Balaban J connectivity index is 1.58. The van der Waals surface area contributed by atoms with Crippen LogP contribution in [-0.2, 0) is 16.1 Å². The minimum atomic E-state index is -0.291. The van der Waals surface area contributed by atoms with Crippen LogP contribution >= 0.6 is 0 Å². The average molecular weight is 362 g/mol. The number of ether oxygens (including phenoxy) is 2. The Kier molecular flexibility index (Phi) is 6.55. The normalized spacial score (nSPS) is 10.6. The van der Waals surface area contributed by atoms with Crippen molar-refractivity contribution in [2.45, 2.75) is 12.6 Å². The van der Waals surface area contributed by atoms with Crippen LogP contribution in [0.1, 0.15) is 22.8 Å². The number of amides is 1. The van der Waals surface area contributed by atoms with Crippen molar-refractivity contribution in [2.24, 2.45) is 0 Å². The third kappa shape index (κ3) is 5.39. The molecule has 138 valence electrons. The highest BCUT2D eigenvalue weighted by Gasteiger charge is 2.16. The lowest BCUT2D eigenvalue weighted by Gasteiger charge is -2.18. The number of nitrogens with zero attached hydrogens (tertiary/aromatic N) is 1. The molecule has 0 bridgehead atoms. The van der Waals surface area contributed by atoms with E-state index in [1.165, 1.54) is 0 Å². The lowest BCUT2D eigenvalue weighted by molar-refractivity contribution is -0.127. The van der Waals surface area contributed by atoms with Gasteiger partial charge in [0.25, 0.3) is 0 Å². The Morgan fingerprint density at radius 1 is 0.963 bits per heavy atom. The van der Waals surface area contributed by atoms with Gasteiger partial charge in [-0.1, -0.05) is 66.7 Å². The average Bonchev–Trinajstić information content (AvgIpc) is 2.74. The predicted molar refractivity (Wildman–Crippen MR) is 103 cm³/mol. The molecule has 0 atom stereocenters. The molecule has 0 spiro atoms. The molecule has 5 nitrogen and oxygen atoms in total. The molecule has 0 fully saturated rings. The van der Waals surface area contributed by atoms with Crippen LogP contribution in [0.5, 0.6) is 5.88 Å². The quantitative estimate of drug-likeness (QED) is 0.666. The largest absolute Gasteiger partial charge is 0.481 e. The first kappa shape index (κ1) is 18.6. The van der Waals surface area contributed by atoms with Crippen molar-refractivity contribution in [3.05, 3.63) is 95.7 Å². The summed E-state index contributed by atoms with van der Waals surface area (Å²) in [5.74, 6) is 0.365. The molecule has 1 N–H and O–H groups in total. The summed E-state index contributed by atoms with van der Waals surface area (Å²) in [5, 5.41) is 2.85. The number of benzene rings is 2. The van der Waals surface area contributed by atoms with E-state index in [-0.39, 0.29) is 18.6 Å². The zero-order valence-corrected chi connectivity index (χ0v) is 15.2.